The lowest BCUT2D eigenvalue weighted by Crippen LogP contribution is -2.20. The molecule has 0 amide bonds. The minimum atomic E-state index is -0.412. The van der Waals surface area contributed by atoms with Gasteiger partial charge in [0.1, 0.15) is 6.29 Å². The van der Waals surface area contributed by atoms with Crippen LogP contribution in [0.2, 0.25) is 0 Å². The second-order valence-electron chi connectivity index (χ2n) is 2.16. The number of aldehydes is 1. The second-order valence-corrected chi connectivity index (χ2v) is 2.16. The van der Waals surface area contributed by atoms with E-state index in [0.29, 0.717) is 11.4 Å². The lowest BCUT2D eigenvalue weighted by molar-refractivity contribution is -0.108. The van der Waals surface area contributed by atoms with Crippen molar-refractivity contribution in [2.45, 2.75) is 13.8 Å². The van der Waals surface area contributed by atoms with E-state index in [-0.39, 0.29) is 0 Å². The maximum atomic E-state index is 10.3. The van der Waals surface area contributed by atoms with Gasteiger partial charge in [0.2, 0.25) is 0 Å². The van der Waals surface area contributed by atoms with Crippen molar-refractivity contribution < 1.29 is 4.79 Å². The molecule has 0 bridgehead atoms. The maximum Gasteiger partial charge on any atom is 0.134 e. The molecule has 0 saturated heterocycles. The number of carbonyl (C=O) groups is 1. The van der Waals surface area contributed by atoms with Crippen molar-refractivity contribution in [3.05, 3.63) is 0 Å². The predicted octanol–water partition coefficient (Wildman–Crippen LogP) is 0.932. The Kier molecular flexibility index (Phi) is 3.54. The third-order valence-corrected chi connectivity index (χ3v) is 1.41. The van der Waals surface area contributed by atoms with Gasteiger partial charge in [-0.15, -0.1) is 0 Å². The van der Waals surface area contributed by atoms with E-state index in [9.17, 15) is 4.79 Å². The smallest absolute Gasteiger partial charge is 0.134 e. The van der Waals surface area contributed by atoms with E-state index >= 15 is 0 Å². The average molecular weight is 140 g/mol. The highest BCUT2D eigenvalue weighted by molar-refractivity contribution is 6.14. The fraction of sp³-hybridized carbons (Fsp3) is 0.571. The number of nitrogens with zero attached hydrogens (tertiary/aromatic N) is 1. The van der Waals surface area contributed by atoms with Gasteiger partial charge in [-0.2, -0.15) is 0 Å². The van der Waals surface area contributed by atoms with Crippen LogP contribution in [0.5, 0.6) is 0 Å². The van der Waals surface area contributed by atoms with Gasteiger partial charge in [0.05, 0.1) is 5.92 Å². The van der Waals surface area contributed by atoms with Crippen LogP contribution in [0.15, 0.2) is 4.99 Å². The van der Waals surface area contributed by atoms with Gasteiger partial charge in [-0.3, -0.25) is 4.99 Å². The number of aliphatic imine (C=N–C) groups is 1. The first-order chi connectivity index (χ1) is 4.63. The van der Waals surface area contributed by atoms with Crippen molar-refractivity contribution in [1.82, 2.24) is 0 Å². The molecule has 0 aromatic heterocycles. The maximum absolute atomic E-state index is 10.3. The van der Waals surface area contributed by atoms with Crippen LogP contribution in [-0.2, 0) is 4.79 Å². The Bertz CT molecular complexity index is 172. The molecule has 0 radical (unpaired) electrons. The molecule has 3 heteroatoms. The summed E-state index contributed by atoms with van der Waals surface area (Å²) in [5.41, 5.74) is 1.04. The molecule has 0 fully saturated rings. The summed E-state index contributed by atoms with van der Waals surface area (Å²) in [6.07, 6.45) is 0.741. The van der Waals surface area contributed by atoms with E-state index in [4.69, 9.17) is 5.41 Å². The first-order valence-corrected chi connectivity index (χ1v) is 3.07. The van der Waals surface area contributed by atoms with Crippen LogP contribution in [0.4, 0.5) is 0 Å². The van der Waals surface area contributed by atoms with Crippen molar-refractivity contribution in [1.29, 1.82) is 5.41 Å². The predicted molar refractivity (Wildman–Crippen MR) is 42.0 cm³/mol. The van der Waals surface area contributed by atoms with Gasteiger partial charge >= 0.3 is 0 Å². The van der Waals surface area contributed by atoms with Gasteiger partial charge in [0.25, 0.3) is 0 Å². The molecular weight excluding hydrogens is 128 g/mol. The van der Waals surface area contributed by atoms with E-state index in [2.05, 4.69) is 4.99 Å². The Morgan fingerprint density at radius 2 is 2.10 bits per heavy atom. The minimum Gasteiger partial charge on any atom is -0.309 e. The van der Waals surface area contributed by atoms with Crippen LogP contribution in [0, 0.1) is 11.3 Å². The molecule has 0 aliphatic heterocycles. The molecule has 0 aromatic rings. The Labute approximate surface area is 60.7 Å². The summed E-state index contributed by atoms with van der Waals surface area (Å²) >= 11 is 0. The average Bonchev–Trinajstić information content (AvgIpc) is 1.88. The van der Waals surface area contributed by atoms with Crippen LogP contribution in [0.25, 0.3) is 0 Å². The normalized spacial score (nSPS) is 14.5. The Hall–Kier alpha value is -0.990. The summed E-state index contributed by atoms with van der Waals surface area (Å²) in [6.45, 7) is 3.35. The zero-order valence-electron chi connectivity index (χ0n) is 6.51. The van der Waals surface area contributed by atoms with Crippen LogP contribution >= 0.6 is 0 Å². The van der Waals surface area contributed by atoms with Gasteiger partial charge in [-0.25, -0.2) is 0 Å². The molecule has 0 spiro atoms. The summed E-state index contributed by atoms with van der Waals surface area (Å²) in [6, 6.07) is 0. The number of hydrogen-bond acceptors (Lipinski definition) is 3. The lowest BCUT2D eigenvalue weighted by atomic mass is 10.0. The van der Waals surface area contributed by atoms with Crippen LogP contribution in [-0.4, -0.2) is 24.8 Å². The van der Waals surface area contributed by atoms with E-state index < -0.39 is 5.92 Å². The summed E-state index contributed by atoms with van der Waals surface area (Å²) in [5, 5.41) is 7.17. The third kappa shape index (κ3) is 2.09. The van der Waals surface area contributed by atoms with Crippen molar-refractivity contribution in [3.63, 3.8) is 0 Å². The molecule has 0 saturated carbocycles. The van der Waals surface area contributed by atoms with E-state index in [1.54, 1.807) is 20.9 Å². The number of nitrogens with one attached hydrogen (secondary N) is 1. The monoisotopic (exact) mass is 140 g/mol. The standard InChI is InChI=1S/C7H12N2O/c1-5(8)7(4-10)6(2)9-3/h4,7-8H,1-3H3. The van der Waals surface area contributed by atoms with Crippen molar-refractivity contribution in [2.75, 3.05) is 7.05 Å². The number of hydrogen-bond donors (Lipinski definition) is 1. The van der Waals surface area contributed by atoms with Gasteiger partial charge in [0.15, 0.2) is 0 Å². The Morgan fingerprint density at radius 1 is 1.60 bits per heavy atom. The summed E-state index contributed by atoms with van der Waals surface area (Å²) in [4.78, 5) is 14.2. The SMILES string of the molecule is CN=C(C)C(C=O)C(C)=N. The number of carbonyl (C=O) groups excluding carboxylic acids is 1. The molecular formula is C7H12N2O. The third-order valence-electron chi connectivity index (χ3n) is 1.41. The highest BCUT2D eigenvalue weighted by atomic mass is 16.1. The fourth-order valence-electron chi connectivity index (χ4n) is 0.653. The second kappa shape index (κ2) is 3.93. The van der Waals surface area contributed by atoms with Gasteiger partial charge in [0, 0.05) is 18.5 Å². The van der Waals surface area contributed by atoms with Gasteiger partial charge in [-0.1, -0.05) is 0 Å². The largest absolute Gasteiger partial charge is 0.309 e. The van der Waals surface area contributed by atoms with E-state index in [0.717, 1.165) is 6.29 Å². The van der Waals surface area contributed by atoms with Gasteiger partial charge < -0.3 is 10.2 Å². The van der Waals surface area contributed by atoms with E-state index in [1.807, 2.05) is 0 Å². The molecule has 10 heavy (non-hydrogen) atoms. The molecule has 0 aliphatic carbocycles. The highest BCUT2D eigenvalue weighted by Crippen LogP contribution is 1.97. The first-order valence-electron chi connectivity index (χ1n) is 3.07. The zero-order valence-corrected chi connectivity index (χ0v) is 6.51. The Balaban J connectivity index is 4.36. The molecule has 3 nitrogen and oxygen atoms in total. The quantitative estimate of drug-likeness (QED) is 0.460. The van der Waals surface area contributed by atoms with E-state index in [1.165, 1.54) is 0 Å². The highest BCUT2D eigenvalue weighted by Gasteiger charge is 2.11. The summed E-state index contributed by atoms with van der Waals surface area (Å²) < 4.78 is 0. The zero-order chi connectivity index (χ0) is 8.15. The molecule has 0 aliphatic rings. The molecule has 1 atom stereocenters. The molecule has 1 N–H and O–H groups in total. The topological polar surface area (TPSA) is 53.3 Å². The molecule has 0 aromatic carbocycles. The van der Waals surface area contributed by atoms with Crippen molar-refractivity contribution >= 4 is 17.7 Å². The lowest BCUT2D eigenvalue weighted by Gasteiger charge is -2.05. The van der Waals surface area contributed by atoms with Crippen LogP contribution in [0.1, 0.15) is 13.8 Å². The molecule has 1 unspecified atom stereocenters. The van der Waals surface area contributed by atoms with Crippen LogP contribution < -0.4 is 0 Å². The van der Waals surface area contributed by atoms with Crippen LogP contribution in [0.3, 0.4) is 0 Å². The molecule has 0 rings (SSSR count). The van der Waals surface area contributed by atoms with Gasteiger partial charge in [-0.05, 0) is 13.8 Å². The fourth-order valence-corrected chi connectivity index (χ4v) is 0.653. The minimum absolute atomic E-state index is 0.345. The summed E-state index contributed by atoms with van der Waals surface area (Å²) in [5.74, 6) is -0.412. The number of rotatable bonds is 3. The van der Waals surface area contributed by atoms with Crippen molar-refractivity contribution in [3.8, 4) is 0 Å². The van der Waals surface area contributed by atoms with Crippen molar-refractivity contribution in [2.24, 2.45) is 10.9 Å². The molecule has 0 heterocycles. The Morgan fingerprint density at radius 3 is 2.20 bits per heavy atom. The molecule has 56 valence electrons. The first kappa shape index (κ1) is 9.01. The summed E-state index contributed by atoms with van der Waals surface area (Å²) in [7, 11) is 1.62.